The fourth-order valence-corrected chi connectivity index (χ4v) is 2.78. The average molecular weight is 332 g/mol. The van der Waals surface area contributed by atoms with Crippen LogP contribution in [0.2, 0.25) is 0 Å². The van der Waals surface area contributed by atoms with E-state index < -0.39 is 0 Å². The molecule has 1 aromatic carbocycles. The maximum absolute atomic E-state index is 12.5. The summed E-state index contributed by atoms with van der Waals surface area (Å²) >= 11 is 0. The van der Waals surface area contributed by atoms with E-state index in [2.05, 4.69) is 10.6 Å². The van der Waals surface area contributed by atoms with Crippen molar-refractivity contribution in [3.05, 3.63) is 29.8 Å². The summed E-state index contributed by atoms with van der Waals surface area (Å²) in [5.41, 5.74) is 1.88. The number of para-hydroxylation sites is 1. The molecule has 6 heteroatoms. The second-order valence-electron chi connectivity index (χ2n) is 6.47. The van der Waals surface area contributed by atoms with E-state index in [1.165, 1.54) is 0 Å². The minimum absolute atomic E-state index is 0.0675. The first kappa shape index (κ1) is 18.4. The van der Waals surface area contributed by atoms with Crippen molar-refractivity contribution in [3.8, 4) is 0 Å². The van der Waals surface area contributed by atoms with E-state index in [0.29, 0.717) is 26.1 Å². The summed E-state index contributed by atoms with van der Waals surface area (Å²) in [5.74, 6) is -0.274. The second-order valence-corrected chi connectivity index (χ2v) is 6.47. The van der Waals surface area contributed by atoms with Gasteiger partial charge < -0.3 is 20.4 Å². The summed E-state index contributed by atoms with van der Waals surface area (Å²) in [4.78, 5) is 28.5. The molecule has 0 radical (unpaired) electrons. The highest BCUT2D eigenvalue weighted by atomic mass is 16.2. The Morgan fingerprint density at radius 1 is 1.33 bits per heavy atom. The van der Waals surface area contributed by atoms with Crippen LogP contribution in [0.4, 0.5) is 5.69 Å². The number of hydrogen-bond donors (Lipinski definition) is 2. The maximum atomic E-state index is 12.5. The molecule has 1 aromatic rings. The zero-order valence-corrected chi connectivity index (χ0v) is 14.8. The normalized spacial score (nSPS) is 17.6. The molecular formula is C18H28N4O2. The number of benzene rings is 1. The first-order chi connectivity index (χ1) is 11.5. The first-order valence-electron chi connectivity index (χ1n) is 8.53. The Hall–Kier alpha value is -1.92. The van der Waals surface area contributed by atoms with Gasteiger partial charge >= 0.3 is 0 Å². The Balaban J connectivity index is 1.95. The number of anilines is 1. The van der Waals surface area contributed by atoms with Crippen LogP contribution in [0.5, 0.6) is 0 Å². The third-order valence-corrected chi connectivity index (χ3v) is 4.24. The molecule has 0 spiro atoms. The number of hydrogen-bond acceptors (Lipinski definition) is 4. The Kier molecular flexibility index (Phi) is 6.75. The summed E-state index contributed by atoms with van der Waals surface area (Å²) < 4.78 is 0. The lowest BCUT2D eigenvalue weighted by Crippen LogP contribution is -2.34. The molecule has 1 heterocycles. The van der Waals surface area contributed by atoms with Crippen LogP contribution >= 0.6 is 0 Å². The summed E-state index contributed by atoms with van der Waals surface area (Å²) in [6.45, 7) is 5.63. The lowest BCUT2D eigenvalue weighted by Gasteiger charge is -2.19. The van der Waals surface area contributed by atoms with Gasteiger partial charge in [0.2, 0.25) is 11.8 Å². The molecule has 2 rings (SSSR count). The summed E-state index contributed by atoms with van der Waals surface area (Å²) in [5, 5.41) is 6.27. The number of likely N-dealkylation sites (tertiary alicyclic amines) is 1. The summed E-state index contributed by atoms with van der Waals surface area (Å²) in [6, 6.07) is 7.78. The predicted molar refractivity (Wildman–Crippen MR) is 95.7 cm³/mol. The molecule has 1 fully saturated rings. The minimum atomic E-state index is -0.271. The lowest BCUT2D eigenvalue weighted by atomic mass is 10.1. The van der Waals surface area contributed by atoms with E-state index >= 15 is 0 Å². The highest BCUT2D eigenvalue weighted by Gasteiger charge is 2.34. The van der Waals surface area contributed by atoms with Crippen molar-refractivity contribution in [1.82, 2.24) is 15.1 Å². The molecule has 1 aliphatic rings. The van der Waals surface area contributed by atoms with Crippen LogP contribution in [0.1, 0.15) is 18.9 Å². The van der Waals surface area contributed by atoms with Crippen molar-refractivity contribution < 1.29 is 9.59 Å². The predicted octanol–water partition coefficient (Wildman–Crippen LogP) is 1.14. The molecule has 6 nitrogen and oxygen atoms in total. The lowest BCUT2D eigenvalue weighted by molar-refractivity contribution is -0.128. The number of carbonyl (C=O) groups excluding carboxylic acids is 2. The Morgan fingerprint density at radius 2 is 2.08 bits per heavy atom. The van der Waals surface area contributed by atoms with Crippen LogP contribution in [0.15, 0.2) is 24.3 Å². The van der Waals surface area contributed by atoms with Crippen molar-refractivity contribution in [2.24, 2.45) is 5.92 Å². The molecule has 0 bridgehead atoms. The number of carbonyl (C=O) groups is 2. The van der Waals surface area contributed by atoms with Crippen LogP contribution in [0.3, 0.4) is 0 Å². The maximum Gasteiger partial charge on any atom is 0.229 e. The molecule has 1 aliphatic heterocycles. The smallest absolute Gasteiger partial charge is 0.229 e. The van der Waals surface area contributed by atoms with E-state index in [9.17, 15) is 9.59 Å². The van der Waals surface area contributed by atoms with E-state index in [1.807, 2.05) is 50.2 Å². The van der Waals surface area contributed by atoms with Gasteiger partial charge in [-0.05, 0) is 32.3 Å². The van der Waals surface area contributed by atoms with Crippen LogP contribution in [0.25, 0.3) is 0 Å². The molecule has 0 saturated carbocycles. The summed E-state index contributed by atoms with van der Waals surface area (Å²) in [6.07, 6.45) is 0.300. The zero-order valence-electron chi connectivity index (χ0n) is 14.8. The van der Waals surface area contributed by atoms with Crippen molar-refractivity contribution in [3.63, 3.8) is 0 Å². The van der Waals surface area contributed by atoms with E-state index in [0.717, 1.165) is 24.3 Å². The van der Waals surface area contributed by atoms with Gasteiger partial charge in [0.1, 0.15) is 0 Å². The average Bonchev–Trinajstić information content (AvgIpc) is 2.93. The standard InChI is InChI=1S/C18H28N4O2/c1-4-19-12-14-7-5-6-8-16(14)20-18(24)15-11-17(23)22(13-15)10-9-21(2)3/h5-8,15,19H,4,9-13H2,1-3H3,(H,20,24). The van der Waals surface area contributed by atoms with E-state index in [-0.39, 0.29) is 17.7 Å². The molecule has 0 aromatic heterocycles. The quantitative estimate of drug-likeness (QED) is 0.749. The van der Waals surface area contributed by atoms with Gasteiger partial charge in [0.25, 0.3) is 0 Å². The Morgan fingerprint density at radius 3 is 2.79 bits per heavy atom. The van der Waals surface area contributed by atoms with Gasteiger partial charge in [0.15, 0.2) is 0 Å². The topological polar surface area (TPSA) is 64.7 Å². The second kappa shape index (κ2) is 8.80. The number of nitrogens with one attached hydrogen (secondary N) is 2. The Labute approximate surface area is 144 Å². The highest BCUT2D eigenvalue weighted by molar-refractivity contribution is 5.97. The molecule has 0 aliphatic carbocycles. The van der Waals surface area contributed by atoms with Crippen LogP contribution in [-0.2, 0) is 16.1 Å². The third kappa shape index (κ3) is 5.04. The van der Waals surface area contributed by atoms with Gasteiger partial charge in [-0.3, -0.25) is 9.59 Å². The molecule has 2 amide bonds. The number of amides is 2. The van der Waals surface area contributed by atoms with Crippen LogP contribution in [0, 0.1) is 5.92 Å². The number of nitrogens with zero attached hydrogens (tertiary/aromatic N) is 2. The van der Waals surface area contributed by atoms with Gasteiger partial charge in [-0.1, -0.05) is 25.1 Å². The first-order valence-corrected chi connectivity index (χ1v) is 8.53. The Bertz CT molecular complexity index is 574. The SMILES string of the molecule is CCNCc1ccccc1NC(=O)C1CC(=O)N(CCN(C)C)C1. The molecular weight excluding hydrogens is 304 g/mol. The molecule has 1 saturated heterocycles. The summed E-state index contributed by atoms with van der Waals surface area (Å²) in [7, 11) is 3.96. The molecule has 132 valence electrons. The van der Waals surface area contributed by atoms with Crippen molar-refractivity contribution in [2.45, 2.75) is 19.9 Å². The van der Waals surface area contributed by atoms with E-state index in [1.54, 1.807) is 4.90 Å². The van der Waals surface area contributed by atoms with Gasteiger partial charge in [-0.15, -0.1) is 0 Å². The molecule has 24 heavy (non-hydrogen) atoms. The molecule has 1 atom stereocenters. The van der Waals surface area contributed by atoms with Gasteiger partial charge in [-0.2, -0.15) is 0 Å². The third-order valence-electron chi connectivity index (χ3n) is 4.24. The van der Waals surface area contributed by atoms with Gasteiger partial charge in [-0.25, -0.2) is 0 Å². The number of likely N-dealkylation sites (N-methyl/N-ethyl adjacent to an activating group) is 1. The highest BCUT2D eigenvalue weighted by Crippen LogP contribution is 2.21. The fraction of sp³-hybridized carbons (Fsp3) is 0.556. The van der Waals surface area contributed by atoms with Crippen LogP contribution in [-0.4, -0.2) is 61.9 Å². The van der Waals surface area contributed by atoms with E-state index in [4.69, 9.17) is 0 Å². The van der Waals surface area contributed by atoms with Crippen molar-refractivity contribution in [1.29, 1.82) is 0 Å². The van der Waals surface area contributed by atoms with Crippen molar-refractivity contribution >= 4 is 17.5 Å². The van der Waals surface area contributed by atoms with Gasteiger partial charge in [0.05, 0.1) is 5.92 Å². The molecule has 1 unspecified atom stereocenters. The fourth-order valence-electron chi connectivity index (χ4n) is 2.78. The largest absolute Gasteiger partial charge is 0.341 e. The van der Waals surface area contributed by atoms with Crippen LogP contribution < -0.4 is 10.6 Å². The number of rotatable bonds is 8. The molecule has 2 N–H and O–H groups in total. The van der Waals surface area contributed by atoms with Gasteiger partial charge in [0, 0.05) is 38.3 Å². The van der Waals surface area contributed by atoms with Crippen molar-refractivity contribution in [2.75, 3.05) is 45.6 Å². The monoisotopic (exact) mass is 332 g/mol. The minimum Gasteiger partial charge on any atom is -0.341 e. The zero-order chi connectivity index (χ0) is 17.5.